The lowest BCUT2D eigenvalue weighted by Gasteiger charge is -2.21. The highest BCUT2D eigenvalue weighted by molar-refractivity contribution is 7.47. The normalized spacial score (nSPS) is 14.3. The first kappa shape index (κ1) is 93.1. The van der Waals surface area contributed by atoms with E-state index >= 15 is 0 Å². The van der Waals surface area contributed by atoms with Crippen LogP contribution in [0.1, 0.15) is 395 Å². The van der Waals surface area contributed by atoms with Crippen LogP contribution in [0.3, 0.4) is 0 Å². The number of rotatable bonds is 75. The van der Waals surface area contributed by atoms with Crippen LogP contribution in [-0.2, 0) is 65.4 Å². The van der Waals surface area contributed by atoms with Crippen molar-refractivity contribution in [2.45, 2.75) is 413 Å². The number of ether oxygens (including phenoxy) is 4. The van der Waals surface area contributed by atoms with Crippen molar-refractivity contribution >= 4 is 39.5 Å². The highest BCUT2D eigenvalue weighted by Crippen LogP contribution is 2.45. The van der Waals surface area contributed by atoms with E-state index in [0.29, 0.717) is 31.6 Å². The van der Waals surface area contributed by atoms with Gasteiger partial charge < -0.3 is 33.8 Å². The van der Waals surface area contributed by atoms with Crippen LogP contribution in [0.15, 0.2) is 0 Å². The molecule has 0 aromatic heterocycles. The number of hydrogen-bond acceptors (Lipinski definition) is 15. The Kier molecular flexibility index (Phi) is 66.5. The van der Waals surface area contributed by atoms with E-state index in [0.717, 1.165) is 102 Å². The molecule has 0 rings (SSSR count). The Bertz CT molecular complexity index is 1840. The third kappa shape index (κ3) is 69.0. The summed E-state index contributed by atoms with van der Waals surface area (Å²) in [4.78, 5) is 72.8. The van der Waals surface area contributed by atoms with E-state index in [-0.39, 0.29) is 25.7 Å². The lowest BCUT2D eigenvalue weighted by Crippen LogP contribution is -2.30. The Balaban J connectivity index is 5.25. The summed E-state index contributed by atoms with van der Waals surface area (Å²) in [6.45, 7) is 9.58. The van der Waals surface area contributed by atoms with E-state index in [1.807, 2.05) is 0 Å². The first-order valence-corrected chi connectivity index (χ1v) is 42.5. The topological polar surface area (TPSA) is 237 Å². The van der Waals surface area contributed by atoms with Gasteiger partial charge in [0.2, 0.25) is 0 Å². The molecule has 564 valence electrons. The highest BCUT2D eigenvalue weighted by atomic mass is 31.2. The molecule has 0 aliphatic carbocycles. The zero-order valence-electron chi connectivity index (χ0n) is 62.0. The van der Waals surface area contributed by atoms with Crippen molar-refractivity contribution < 1.29 is 80.2 Å². The Labute approximate surface area is 581 Å². The fraction of sp³-hybridized carbons (Fsp3) is 0.947. The third-order valence-corrected chi connectivity index (χ3v) is 20.0. The molecular weight excluding hydrogens is 1250 g/mol. The summed E-state index contributed by atoms with van der Waals surface area (Å²) in [6.07, 6.45) is 55.4. The van der Waals surface area contributed by atoms with Crippen LogP contribution in [0.5, 0.6) is 0 Å². The van der Waals surface area contributed by atoms with E-state index in [1.54, 1.807) is 0 Å². The van der Waals surface area contributed by atoms with Crippen molar-refractivity contribution in [3.05, 3.63) is 0 Å². The summed E-state index contributed by atoms with van der Waals surface area (Å²) >= 11 is 0. The van der Waals surface area contributed by atoms with E-state index in [1.165, 1.54) is 205 Å². The Morgan fingerprint density at radius 2 is 0.537 bits per heavy atom. The fourth-order valence-electron chi connectivity index (χ4n) is 11.6. The van der Waals surface area contributed by atoms with E-state index in [4.69, 9.17) is 37.0 Å². The molecule has 0 saturated heterocycles. The highest BCUT2D eigenvalue weighted by Gasteiger charge is 2.30. The number of carbonyl (C=O) groups excluding carboxylic acids is 4. The Morgan fingerprint density at radius 3 is 0.800 bits per heavy atom. The van der Waals surface area contributed by atoms with Crippen LogP contribution in [0.4, 0.5) is 0 Å². The van der Waals surface area contributed by atoms with Gasteiger partial charge in [-0.15, -0.1) is 0 Å². The summed E-state index contributed by atoms with van der Waals surface area (Å²) in [7, 11) is -9.91. The Morgan fingerprint density at radius 1 is 0.305 bits per heavy atom. The molecule has 0 spiro atoms. The molecule has 0 aromatic rings. The molecule has 6 atom stereocenters. The van der Waals surface area contributed by atoms with E-state index in [9.17, 15) is 43.2 Å². The number of esters is 4. The van der Waals surface area contributed by atoms with Crippen molar-refractivity contribution in [3.8, 4) is 0 Å². The van der Waals surface area contributed by atoms with Gasteiger partial charge in [0.15, 0.2) is 12.2 Å². The van der Waals surface area contributed by atoms with Gasteiger partial charge in [-0.05, 0) is 37.5 Å². The van der Waals surface area contributed by atoms with Crippen LogP contribution < -0.4 is 0 Å². The predicted octanol–water partition coefficient (Wildman–Crippen LogP) is 22.3. The van der Waals surface area contributed by atoms with Gasteiger partial charge in [-0.25, -0.2) is 9.13 Å². The SMILES string of the molecule is CCCCCCCCCCCCCCCCCCCC(=O)O[C@H](COC(=O)CCCCCCCCCCCCC(C)CC)COP(=O)(O)OC[C@@H](O)COP(=O)(O)OC[C@@H](COC(=O)CCCCCCCCCC(C)C)OC(=O)CCCCCCCCCCCCCCCC. The lowest BCUT2D eigenvalue weighted by molar-refractivity contribution is -0.161. The van der Waals surface area contributed by atoms with Crippen LogP contribution in [0.2, 0.25) is 0 Å². The van der Waals surface area contributed by atoms with Crippen molar-refractivity contribution in [2.24, 2.45) is 11.8 Å². The van der Waals surface area contributed by atoms with Crippen LogP contribution >= 0.6 is 15.6 Å². The summed E-state index contributed by atoms with van der Waals surface area (Å²) in [6, 6.07) is 0. The van der Waals surface area contributed by atoms with E-state index in [2.05, 4.69) is 41.5 Å². The molecule has 0 aliphatic rings. The zero-order chi connectivity index (χ0) is 70.0. The van der Waals surface area contributed by atoms with Gasteiger partial charge in [-0.3, -0.25) is 37.3 Å². The quantitative estimate of drug-likeness (QED) is 0.0222. The summed E-state index contributed by atoms with van der Waals surface area (Å²) < 4.78 is 68.5. The van der Waals surface area contributed by atoms with Crippen LogP contribution in [0, 0.1) is 11.8 Å². The molecule has 0 aliphatic heterocycles. The van der Waals surface area contributed by atoms with Gasteiger partial charge in [-0.1, -0.05) is 343 Å². The molecule has 95 heavy (non-hydrogen) atoms. The number of phosphoric ester groups is 2. The molecule has 0 fully saturated rings. The molecule has 0 amide bonds. The van der Waals surface area contributed by atoms with E-state index < -0.39 is 97.5 Å². The van der Waals surface area contributed by atoms with Gasteiger partial charge in [0, 0.05) is 25.7 Å². The number of aliphatic hydroxyl groups is 1. The van der Waals surface area contributed by atoms with Crippen molar-refractivity contribution in [2.75, 3.05) is 39.6 Å². The second-order valence-corrected chi connectivity index (χ2v) is 31.0. The summed E-state index contributed by atoms with van der Waals surface area (Å²) in [5, 5.41) is 10.6. The zero-order valence-corrected chi connectivity index (χ0v) is 63.8. The molecule has 0 heterocycles. The lowest BCUT2D eigenvalue weighted by atomic mass is 9.99. The van der Waals surface area contributed by atoms with Crippen LogP contribution in [0.25, 0.3) is 0 Å². The van der Waals surface area contributed by atoms with Gasteiger partial charge in [0.1, 0.15) is 19.3 Å². The molecule has 19 heteroatoms. The standard InChI is InChI=1S/C76H148O17P2/c1-7-10-12-14-16-18-20-22-24-25-26-28-30-36-42-49-55-61-75(80)92-71(64-86-73(78)58-52-46-40-34-32-31-33-39-45-51-57-69(6)9-3)66-90-94(82,83)88-62-70(77)63-89-95(84,85)91-67-72(65-87-74(79)59-53-47-43-37-38-44-50-56-68(4)5)93-76(81)60-54-48-41-35-29-27-23-21-19-17-15-13-11-8-2/h68-72,77H,7-67H2,1-6H3,(H,82,83)(H,84,85)/t69?,70-,71-,72-/m1/s1. The monoisotopic (exact) mass is 1400 g/mol. The first-order valence-electron chi connectivity index (χ1n) is 39.5. The van der Waals surface area contributed by atoms with Crippen molar-refractivity contribution in [1.29, 1.82) is 0 Å². The number of phosphoric acid groups is 2. The average molecular weight is 1400 g/mol. The van der Waals surface area contributed by atoms with Gasteiger partial charge in [0.25, 0.3) is 0 Å². The Hall–Kier alpha value is -1.94. The number of aliphatic hydroxyl groups excluding tert-OH is 1. The predicted molar refractivity (Wildman–Crippen MR) is 386 cm³/mol. The number of hydrogen-bond donors (Lipinski definition) is 3. The second-order valence-electron chi connectivity index (χ2n) is 28.1. The third-order valence-electron chi connectivity index (χ3n) is 18.1. The molecular formula is C76H148O17P2. The summed E-state index contributed by atoms with van der Waals surface area (Å²) in [5.41, 5.74) is 0. The summed E-state index contributed by atoms with van der Waals surface area (Å²) in [5.74, 6) is -0.600. The van der Waals surface area contributed by atoms with Crippen LogP contribution in [-0.4, -0.2) is 96.7 Å². The largest absolute Gasteiger partial charge is 0.472 e. The number of unbranched alkanes of at least 4 members (excludes halogenated alkanes) is 44. The minimum atomic E-state index is -4.96. The van der Waals surface area contributed by atoms with Crippen molar-refractivity contribution in [1.82, 2.24) is 0 Å². The minimum Gasteiger partial charge on any atom is -0.462 e. The van der Waals surface area contributed by atoms with Gasteiger partial charge >= 0.3 is 39.5 Å². The first-order chi connectivity index (χ1) is 45.9. The fourth-order valence-corrected chi connectivity index (χ4v) is 13.2. The van der Waals surface area contributed by atoms with Crippen molar-refractivity contribution in [3.63, 3.8) is 0 Å². The molecule has 0 saturated carbocycles. The van der Waals surface area contributed by atoms with Gasteiger partial charge in [-0.2, -0.15) is 0 Å². The molecule has 0 aromatic carbocycles. The maximum atomic E-state index is 13.1. The molecule has 3 unspecified atom stereocenters. The maximum Gasteiger partial charge on any atom is 0.472 e. The smallest absolute Gasteiger partial charge is 0.462 e. The molecule has 3 N–H and O–H groups in total. The molecule has 0 bridgehead atoms. The molecule has 0 radical (unpaired) electrons. The maximum absolute atomic E-state index is 13.1. The average Bonchev–Trinajstić information content (AvgIpc) is 2.23. The molecule has 17 nitrogen and oxygen atoms in total. The number of carbonyl (C=O) groups is 4. The second kappa shape index (κ2) is 67.9. The minimum absolute atomic E-state index is 0.107. The van der Waals surface area contributed by atoms with Gasteiger partial charge in [0.05, 0.1) is 26.4 Å².